The number of benzene rings is 2. The van der Waals surface area contributed by atoms with Crippen LogP contribution in [0.25, 0.3) is 0 Å². The van der Waals surface area contributed by atoms with Gasteiger partial charge in [0.25, 0.3) is 0 Å². The third-order valence-electron chi connectivity index (χ3n) is 3.16. The number of hydrogen-bond donors (Lipinski definition) is 1. The summed E-state index contributed by atoms with van der Waals surface area (Å²) in [6.07, 6.45) is 6.82. The maximum Gasteiger partial charge on any atom is 0.150 e. The molecule has 0 bridgehead atoms. The molecule has 0 heterocycles. The van der Waals surface area contributed by atoms with E-state index in [0.29, 0.717) is 6.42 Å². The summed E-state index contributed by atoms with van der Waals surface area (Å²) in [7, 11) is 0. The predicted molar refractivity (Wildman–Crippen MR) is 80.6 cm³/mol. The molecule has 0 saturated heterocycles. The van der Waals surface area contributed by atoms with Crippen LogP contribution in [0, 0.1) is 12.3 Å². The highest BCUT2D eigenvalue weighted by Crippen LogP contribution is 2.28. The Labute approximate surface area is 120 Å². The Morgan fingerprint density at radius 3 is 2.20 bits per heavy atom. The SMILES string of the molecule is C#CC(O)(CCC)c1ccc(Oc2ccccc2)cc1. The van der Waals surface area contributed by atoms with Gasteiger partial charge in [0.05, 0.1) is 0 Å². The quantitative estimate of drug-likeness (QED) is 0.826. The minimum absolute atomic E-state index is 0.544. The Bertz CT molecular complexity index is 581. The molecule has 0 radical (unpaired) electrons. The Morgan fingerprint density at radius 2 is 1.65 bits per heavy atom. The number of hydrogen-bond acceptors (Lipinski definition) is 2. The van der Waals surface area contributed by atoms with Crippen LogP contribution in [0.4, 0.5) is 0 Å². The molecule has 0 spiro atoms. The highest BCUT2D eigenvalue weighted by atomic mass is 16.5. The van der Waals surface area contributed by atoms with Crippen LogP contribution in [0.5, 0.6) is 11.5 Å². The molecule has 1 N–H and O–H groups in total. The number of rotatable bonds is 5. The van der Waals surface area contributed by atoms with E-state index in [2.05, 4.69) is 5.92 Å². The summed E-state index contributed by atoms with van der Waals surface area (Å²) in [4.78, 5) is 0. The molecule has 2 nitrogen and oxygen atoms in total. The molecule has 20 heavy (non-hydrogen) atoms. The Morgan fingerprint density at radius 1 is 1.05 bits per heavy atom. The van der Waals surface area contributed by atoms with Gasteiger partial charge in [-0.25, -0.2) is 0 Å². The largest absolute Gasteiger partial charge is 0.457 e. The first-order valence-corrected chi connectivity index (χ1v) is 6.71. The lowest BCUT2D eigenvalue weighted by Crippen LogP contribution is -2.22. The first kappa shape index (κ1) is 14.2. The molecule has 0 aliphatic heterocycles. The van der Waals surface area contributed by atoms with Crippen LogP contribution in [0.3, 0.4) is 0 Å². The van der Waals surface area contributed by atoms with Gasteiger partial charge in [-0.1, -0.05) is 49.6 Å². The van der Waals surface area contributed by atoms with Gasteiger partial charge < -0.3 is 9.84 Å². The average Bonchev–Trinajstić information content (AvgIpc) is 2.49. The predicted octanol–water partition coefficient (Wildman–Crippen LogP) is 4.10. The first-order chi connectivity index (χ1) is 9.68. The minimum atomic E-state index is -1.19. The van der Waals surface area contributed by atoms with Crippen LogP contribution in [-0.4, -0.2) is 5.11 Å². The van der Waals surface area contributed by atoms with Crippen LogP contribution in [0.15, 0.2) is 54.6 Å². The topological polar surface area (TPSA) is 29.5 Å². The van der Waals surface area contributed by atoms with E-state index >= 15 is 0 Å². The first-order valence-electron chi connectivity index (χ1n) is 6.71. The molecule has 0 aliphatic rings. The van der Waals surface area contributed by atoms with Crippen LogP contribution in [0.2, 0.25) is 0 Å². The van der Waals surface area contributed by atoms with Gasteiger partial charge in [-0.2, -0.15) is 0 Å². The van der Waals surface area contributed by atoms with Crippen molar-refractivity contribution in [2.24, 2.45) is 0 Å². The smallest absolute Gasteiger partial charge is 0.150 e. The standard InChI is InChI=1S/C18H18O2/c1-3-14-18(19,4-2)15-10-12-17(13-11-15)20-16-8-6-5-7-9-16/h2,5-13,19H,3,14H2,1H3. The van der Waals surface area contributed by atoms with E-state index in [9.17, 15) is 5.11 Å². The normalized spacial score (nSPS) is 13.2. The molecule has 2 rings (SSSR count). The summed E-state index contributed by atoms with van der Waals surface area (Å²) >= 11 is 0. The van der Waals surface area contributed by atoms with Crippen molar-refractivity contribution in [1.82, 2.24) is 0 Å². The molecule has 2 heteroatoms. The summed E-state index contributed by atoms with van der Waals surface area (Å²) in [5, 5.41) is 10.4. The van der Waals surface area contributed by atoms with E-state index in [1.54, 1.807) is 0 Å². The van der Waals surface area contributed by atoms with Gasteiger partial charge in [0, 0.05) is 0 Å². The third-order valence-corrected chi connectivity index (χ3v) is 3.16. The molecular formula is C18H18O2. The number of ether oxygens (including phenoxy) is 1. The molecule has 0 saturated carbocycles. The molecule has 0 amide bonds. The van der Waals surface area contributed by atoms with E-state index in [1.807, 2.05) is 61.5 Å². The average molecular weight is 266 g/mol. The number of para-hydroxylation sites is 1. The monoisotopic (exact) mass is 266 g/mol. The van der Waals surface area contributed by atoms with Crippen molar-refractivity contribution in [2.75, 3.05) is 0 Å². The highest BCUT2D eigenvalue weighted by Gasteiger charge is 2.25. The van der Waals surface area contributed by atoms with Crippen molar-refractivity contribution in [1.29, 1.82) is 0 Å². The number of terminal acetylenes is 1. The van der Waals surface area contributed by atoms with Crippen molar-refractivity contribution >= 4 is 0 Å². The fourth-order valence-electron chi connectivity index (χ4n) is 2.08. The summed E-state index contributed by atoms with van der Waals surface area (Å²) in [5.41, 5.74) is -0.470. The van der Waals surface area contributed by atoms with Gasteiger partial charge in [0.15, 0.2) is 5.60 Å². The lowest BCUT2D eigenvalue weighted by Gasteiger charge is -2.22. The zero-order chi connectivity index (χ0) is 14.4. The Hall–Kier alpha value is -2.24. The Kier molecular flexibility index (Phi) is 4.45. The lowest BCUT2D eigenvalue weighted by molar-refractivity contribution is 0.0895. The molecule has 1 atom stereocenters. The molecule has 2 aromatic carbocycles. The van der Waals surface area contributed by atoms with Gasteiger partial charge in [-0.15, -0.1) is 6.42 Å². The van der Waals surface area contributed by atoms with E-state index in [0.717, 1.165) is 23.5 Å². The fourth-order valence-corrected chi connectivity index (χ4v) is 2.08. The van der Waals surface area contributed by atoms with Crippen LogP contribution < -0.4 is 4.74 Å². The number of aliphatic hydroxyl groups is 1. The van der Waals surface area contributed by atoms with E-state index in [-0.39, 0.29) is 0 Å². The molecule has 0 aliphatic carbocycles. The lowest BCUT2D eigenvalue weighted by atomic mass is 9.90. The molecule has 0 fully saturated rings. The van der Waals surface area contributed by atoms with Gasteiger partial charge in [0.1, 0.15) is 11.5 Å². The van der Waals surface area contributed by atoms with E-state index in [4.69, 9.17) is 11.2 Å². The van der Waals surface area contributed by atoms with Crippen LogP contribution in [0.1, 0.15) is 25.3 Å². The highest BCUT2D eigenvalue weighted by molar-refractivity contribution is 5.37. The summed E-state index contributed by atoms with van der Waals surface area (Å²) in [6.45, 7) is 2.00. The maximum atomic E-state index is 10.4. The van der Waals surface area contributed by atoms with Crippen molar-refractivity contribution in [2.45, 2.75) is 25.4 Å². The summed E-state index contributed by atoms with van der Waals surface area (Å²) in [5.74, 6) is 3.98. The van der Waals surface area contributed by atoms with Gasteiger partial charge in [0.2, 0.25) is 0 Å². The van der Waals surface area contributed by atoms with Crippen molar-refractivity contribution < 1.29 is 9.84 Å². The Balaban J connectivity index is 2.16. The van der Waals surface area contributed by atoms with E-state index in [1.165, 1.54) is 0 Å². The van der Waals surface area contributed by atoms with Crippen LogP contribution in [-0.2, 0) is 5.60 Å². The molecular weight excluding hydrogens is 248 g/mol. The molecule has 0 aromatic heterocycles. The molecule has 1 unspecified atom stereocenters. The zero-order valence-electron chi connectivity index (χ0n) is 11.5. The van der Waals surface area contributed by atoms with E-state index < -0.39 is 5.60 Å². The second-order valence-corrected chi connectivity index (χ2v) is 4.69. The summed E-state index contributed by atoms with van der Waals surface area (Å²) in [6, 6.07) is 16.8. The van der Waals surface area contributed by atoms with Gasteiger partial charge in [-0.3, -0.25) is 0 Å². The van der Waals surface area contributed by atoms with Crippen molar-refractivity contribution in [3.63, 3.8) is 0 Å². The molecule has 102 valence electrons. The second-order valence-electron chi connectivity index (χ2n) is 4.69. The maximum absolute atomic E-state index is 10.4. The fraction of sp³-hybridized carbons (Fsp3) is 0.222. The van der Waals surface area contributed by atoms with Crippen molar-refractivity contribution in [3.8, 4) is 23.8 Å². The molecule has 2 aromatic rings. The van der Waals surface area contributed by atoms with Crippen molar-refractivity contribution in [3.05, 3.63) is 60.2 Å². The summed E-state index contributed by atoms with van der Waals surface area (Å²) < 4.78 is 5.71. The minimum Gasteiger partial charge on any atom is -0.457 e. The third kappa shape index (κ3) is 3.20. The van der Waals surface area contributed by atoms with Gasteiger partial charge >= 0.3 is 0 Å². The van der Waals surface area contributed by atoms with Crippen LogP contribution >= 0.6 is 0 Å². The van der Waals surface area contributed by atoms with Gasteiger partial charge in [-0.05, 0) is 36.2 Å². The second kappa shape index (κ2) is 6.27. The zero-order valence-corrected chi connectivity index (χ0v) is 11.5.